The standard InChI is InChI=1S/C20H20N4OS/c1-13-6-4-5-7-18(13)24-14(2)10-17(15(24)3)19(25)21-11-16-12-23-8-9-26-20(23)22-16/h4-10,12H,11H2,1-3H3,(H,21,25). The first-order valence-corrected chi connectivity index (χ1v) is 9.37. The van der Waals surface area contributed by atoms with Gasteiger partial charge in [0.15, 0.2) is 4.96 Å². The van der Waals surface area contributed by atoms with Crippen LogP contribution in [0.4, 0.5) is 0 Å². The van der Waals surface area contributed by atoms with Crippen molar-refractivity contribution in [1.29, 1.82) is 0 Å². The van der Waals surface area contributed by atoms with Gasteiger partial charge in [-0.05, 0) is 38.5 Å². The van der Waals surface area contributed by atoms with E-state index in [0.29, 0.717) is 12.1 Å². The van der Waals surface area contributed by atoms with Crippen molar-refractivity contribution in [2.24, 2.45) is 0 Å². The molecule has 1 aromatic carbocycles. The molecule has 4 rings (SSSR count). The zero-order chi connectivity index (χ0) is 18.3. The van der Waals surface area contributed by atoms with Crippen LogP contribution in [0, 0.1) is 20.8 Å². The Hall–Kier alpha value is -2.86. The summed E-state index contributed by atoms with van der Waals surface area (Å²) in [6.45, 7) is 6.51. The molecule has 0 unspecified atom stereocenters. The van der Waals surface area contributed by atoms with E-state index in [1.165, 1.54) is 5.56 Å². The van der Waals surface area contributed by atoms with Crippen LogP contribution in [0.5, 0.6) is 0 Å². The van der Waals surface area contributed by atoms with E-state index in [1.807, 2.05) is 54.2 Å². The van der Waals surface area contributed by atoms with E-state index in [1.54, 1.807) is 11.3 Å². The van der Waals surface area contributed by atoms with Crippen molar-refractivity contribution in [3.8, 4) is 5.69 Å². The van der Waals surface area contributed by atoms with Crippen LogP contribution in [0.2, 0.25) is 0 Å². The van der Waals surface area contributed by atoms with Gasteiger partial charge in [-0.15, -0.1) is 11.3 Å². The fourth-order valence-corrected chi connectivity index (χ4v) is 4.02. The Morgan fingerprint density at radius 3 is 2.81 bits per heavy atom. The molecule has 0 bridgehead atoms. The molecule has 6 heteroatoms. The summed E-state index contributed by atoms with van der Waals surface area (Å²) in [5.74, 6) is -0.0747. The zero-order valence-electron chi connectivity index (χ0n) is 15.0. The summed E-state index contributed by atoms with van der Waals surface area (Å²) in [6.07, 6.45) is 3.91. The summed E-state index contributed by atoms with van der Waals surface area (Å²) >= 11 is 1.58. The summed E-state index contributed by atoms with van der Waals surface area (Å²) < 4.78 is 4.10. The van der Waals surface area contributed by atoms with E-state index in [9.17, 15) is 4.79 Å². The number of nitrogens with zero attached hydrogens (tertiary/aromatic N) is 3. The number of amides is 1. The number of aryl methyl sites for hydroxylation is 2. The Morgan fingerprint density at radius 2 is 2.04 bits per heavy atom. The number of hydrogen-bond acceptors (Lipinski definition) is 3. The first-order valence-electron chi connectivity index (χ1n) is 8.49. The molecule has 0 fully saturated rings. The van der Waals surface area contributed by atoms with Gasteiger partial charge in [0.2, 0.25) is 0 Å². The average Bonchev–Trinajstić information content (AvgIpc) is 3.27. The summed E-state index contributed by atoms with van der Waals surface area (Å²) in [6, 6.07) is 10.2. The van der Waals surface area contributed by atoms with E-state index in [0.717, 1.165) is 27.7 Å². The van der Waals surface area contributed by atoms with Crippen molar-refractivity contribution in [1.82, 2.24) is 19.3 Å². The number of hydrogen-bond donors (Lipinski definition) is 1. The normalized spacial score (nSPS) is 11.2. The maximum absolute atomic E-state index is 12.7. The van der Waals surface area contributed by atoms with Crippen LogP contribution in [0.1, 0.15) is 33.0 Å². The molecule has 0 spiro atoms. The van der Waals surface area contributed by atoms with Gasteiger partial charge in [-0.2, -0.15) is 0 Å². The molecule has 0 saturated heterocycles. The smallest absolute Gasteiger partial charge is 0.253 e. The van der Waals surface area contributed by atoms with Crippen molar-refractivity contribution in [2.75, 3.05) is 0 Å². The number of carbonyl (C=O) groups excluding carboxylic acids is 1. The zero-order valence-corrected chi connectivity index (χ0v) is 15.8. The van der Waals surface area contributed by atoms with Gasteiger partial charge in [-0.1, -0.05) is 18.2 Å². The van der Waals surface area contributed by atoms with Crippen molar-refractivity contribution >= 4 is 22.2 Å². The second-order valence-electron chi connectivity index (χ2n) is 6.41. The van der Waals surface area contributed by atoms with E-state index in [2.05, 4.69) is 33.9 Å². The third-order valence-electron chi connectivity index (χ3n) is 4.61. The third-order valence-corrected chi connectivity index (χ3v) is 5.38. The molecular formula is C20H20N4OS. The van der Waals surface area contributed by atoms with E-state index >= 15 is 0 Å². The van der Waals surface area contributed by atoms with Crippen LogP contribution in [0.25, 0.3) is 10.6 Å². The summed E-state index contributed by atoms with van der Waals surface area (Å²) in [5, 5.41) is 4.98. The Kier molecular flexibility index (Phi) is 4.12. The van der Waals surface area contributed by atoms with Gasteiger partial charge in [0.25, 0.3) is 5.91 Å². The minimum atomic E-state index is -0.0747. The SMILES string of the molecule is Cc1ccccc1-n1c(C)cc(C(=O)NCc2cn3ccsc3n2)c1C. The fraction of sp³-hybridized carbons (Fsp3) is 0.200. The minimum Gasteiger partial charge on any atom is -0.346 e. The quantitative estimate of drug-likeness (QED) is 0.594. The van der Waals surface area contributed by atoms with E-state index in [-0.39, 0.29) is 5.91 Å². The van der Waals surface area contributed by atoms with Gasteiger partial charge in [0.05, 0.1) is 17.8 Å². The molecular weight excluding hydrogens is 344 g/mol. The van der Waals surface area contributed by atoms with Gasteiger partial charge in [0.1, 0.15) is 0 Å². The molecule has 1 amide bonds. The number of thiazole rings is 1. The maximum Gasteiger partial charge on any atom is 0.253 e. The number of nitrogens with one attached hydrogen (secondary N) is 1. The largest absolute Gasteiger partial charge is 0.346 e. The second kappa shape index (κ2) is 6.46. The topological polar surface area (TPSA) is 51.3 Å². The Labute approximate surface area is 155 Å². The van der Waals surface area contributed by atoms with Crippen LogP contribution in [0.15, 0.2) is 48.1 Å². The van der Waals surface area contributed by atoms with Crippen LogP contribution >= 0.6 is 11.3 Å². The molecule has 4 aromatic rings. The highest BCUT2D eigenvalue weighted by Gasteiger charge is 2.17. The molecule has 0 radical (unpaired) electrons. The monoisotopic (exact) mass is 364 g/mol. The highest BCUT2D eigenvalue weighted by Crippen LogP contribution is 2.23. The molecule has 0 atom stereocenters. The molecule has 26 heavy (non-hydrogen) atoms. The van der Waals surface area contributed by atoms with Crippen LogP contribution in [0.3, 0.4) is 0 Å². The van der Waals surface area contributed by atoms with Crippen LogP contribution in [-0.4, -0.2) is 19.9 Å². The molecule has 0 aliphatic heterocycles. The Balaban J connectivity index is 1.57. The highest BCUT2D eigenvalue weighted by molar-refractivity contribution is 7.15. The second-order valence-corrected chi connectivity index (χ2v) is 7.29. The molecule has 0 aliphatic carbocycles. The summed E-state index contributed by atoms with van der Waals surface area (Å²) in [4.78, 5) is 18.2. The highest BCUT2D eigenvalue weighted by atomic mass is 32.1. The fourth-order valence-electron chi connectivity index (χ4n) is 3.31. The van der Waals surface area contributed by atoms with Gasteiger partial charge < -0.3 is 9.88 Å². The van der Waals surface area contributed by atoms with Gasteiger partial charge in [-0.3, -0.25) is 9.20 Å². The van der Waals surface area contributed by atoms with E-state index in [4.69, 9.17) is 0 Å². The molecule has 0 aliphatic rings. The average molecular weight is 364 g/mol. The predicted molar refractivity (Wildman–Crippen MR) is 104 cm³/mol. The number of benzene rings is 1. The number of carbonyl (C=O) groups is 1. The van der Waals surface area contributed by atoms with Gasteiger partial charge >= 0.3 is 0 Å². The lowest BCUT2D eigenvalue weighted by Gasteiger charge is -2.12. The molecule has 3 heterocycles. The number of fused-ring (bicyclic) bond motifs is 1. The van der Waals surface area contributed by atoms with Gasteiger partial charge in [-0.25, -0.2) is 4.98 Å². The predicted octanol–water partition coefficient (Wildman–Crippen LogP) is 4.04. The Morgan fingerprint density at radius 1 is 1.23 bits per heavy atom. The number of rotatable bonds is 4. The first kappa shape index (κ1) is 16.6. The van der Waals surface area contributed by atoms with Crippen LogP contribution in [-0.2, 0) is 6.54 Å². The Bertz CT molecular complexity index is 1070. The lowest BCUT2D eigenvalue weighted by molar-refractivity contribution is 0.0950. The molecule has 3 aromatic heterocycles. The summed E-state index contributed by atoms with van der Waals surface area (Å²) in [7, 11) is 0. The molecule has 132 valence electrons. The van der Waals surface area contributed by atoms with E-state index < -0.39 is 0 Å². The number of para-hydroxylation sites is 1. The maximum atomic E-state index is 12.7. The number of imidazole rings is 1. The van der Waals surface area contributed by atoms with Crippen LogP contribution < -0.4 is 5.32 Å². The summed E-state index contributed by atoms with van der Waals surface area (Å²) in [5.41, 5.74) is 5.84. The van der Waals surface area contributed by atoms with Crippen molar-refractivity contribution in [2.45, 2.75) is 27.3 Å². The number of aromatic nitrogens is 3. The van der Waals surface area contributed by atoms with Crippen molar-refractivity contribution in [3.63, 3.8) is 0 Å². The first-order chi connectivity index (χ1) is 12.5. The van der Waals surface area contributed by atoms with Crippen molar-refractivity contribution in [3.05, 3.63) is 76.3 Å². The van der Waals surface area contributed by atoms with Gasteiger partial charge in [0, 0.05) is 34.8 Å². The molecule has 1 N–H and O–H groups in total. The molecule has 0 saturated carbocycles. The third kappa shape index (κ3) is 2.82. The lowest BCUT2D eigenvalue weighted by Crippen LogP contribution is -2.23. The lowest BCUT2D eigenvalue weighted by atomic mass is 10.2. The van der Waals surface area contributed by atoms with Crippen molar-refractivity contribution < 1.29 is 4.79 Å². The minimum absolute atomic E-state index is 0.0747. The molecule has 5 nitrogen and oxygen atoms in total.